The SMILES string of the molecule is CC(C)n1ncc2cc(C(=O)N3CCNCC3c3ccccc3Cl)cnc21.Cl.Cl. The second kappa shape index (κ2) is 9.76. The zero-order valence-electron chi connectivity index (χ0n) is 16.2. The van der Waals surface area contributed by atoms with Gasteiger partial charge in [0.15, 0.2) is 5.65 Å². The van der Waals surface area contributed by atoms with Crippen molar-refractivity contribution in [2.75, 3.05) is 19.6 Å². The number of amides is 1. The number of fused-ring (bicyclic) bond motifs is 1. The van der Waals surface area contributed by atoms with E-state index in [2.05, 4.69) is 29.2 Å². The van der Waals surface area contributed by atoms with Crippen LogP contribution in [-0.4, -0.2) is 45.2 Å². The van der Waals surface area contributed by atoms with Gasteiger partial charge in [0.2, 0.25) is 0 Å². The van der Waals surface area contributed by atoms with Gasteiger partial charge in [0.05, 0.1) is 17.8 Å². The Hall–Kier alpha value is -1.86. The zero-order chi connectivity index (χ0) is 19.0. The summed E-state index contributed by atoms with van der Waals surface area (Å²) in [4.78, 5) is 19.7. The highest BCUT2D eigenvalue weighted by molar-refractivity contribution is 6.31. The number of nitrogens with one attached hydrogen (secondary N) is 1. The van der Waals surface area contributed by atoms with Gasteiger partial charge in [0.1, 0.15) is 0 Å². The molecule has 0 radical (unpaired) electrons. The van der Waals surface area contributed by atoms with Crippen LogP contribution in [0.4, 0.5) is 0 Å². The number of hydrogen-bond acceptors (Lipinski definition) is 4. The fourth-order valence-corrected chi connectivity index (χ4v) is 3.83. The average Bonchev–Trinajstić information content (AvgIpc) is 3.11. The number of carbonyl (C=O) groups excluding carboxylic acids is 1. The molecule has 1 aliphatic heterocycles. The normalized spacial score (nSPS) is 16.4. The molecule has 156 valence electrons. The first-order chi connectivity index (χ1) is 13.1. The van der Waals surface area contributed by atoms with Crippen LogP contribution in [0.5, 0.6) is 0 Å². The number of carbonyl (C=O) groups is 1. The minimum Gasteiger partial charge on any atom is -0.329 e. The van der Waals surface area contributed by atoms with Crippen molar-refractivity contribution in [2.24, 2.45) is 0 Å². The first-order valence-electron chi connectivity index (χ1n) is 9.15. The van der Waals surface area contributed by atoms with Crippen molar-refractivity contribution in [3.05, 3.63) is 58.9 Å². The van der Waals surface area contributed by atoms with Crippen molar-refractivity contribution in [1.29, 1.82) is 0 Å². The van der Waals surface area contributed by atoms with E-state index < -0.39 is 0 Å². The number of piperazine rings is 1. The zero-order valence-corrected chi connectivity index (χ0v) is 18.6. The summed E-state index contributed by atoms with van der Waals surface area (Å²) >= 11 is 6.39. The molecule has 4 rings (SSSR count). The second-order valence-corrected chi connectivity index (χ2v) is 7.47. The van der Waals surface area contributed by atoms with E-state index in [1.54, 1.807) is 12.4 Å². The highest BCUT2D eigenvalue weighted by Gasteiger charge is 2.30. The van der Waals surface area contributed by atoms with Gasteiger partial charge in [-0.05, 0) is 31.5 Å². The average molecular weight is 457 g/mol. The molecule has 2 aromatic heterocycles. The molecule has 1 N–H and O–H groups in total. The molecule has 1 aliphatic rings. The van der Waals surface area contributed by atoms with Crippen molar-refractivity contribution in [1.82, 2.24) is 25.0 Å². The van der Waals surface area contributed by atoms with Crippen molar-refractivity contribution in [3.8, 4) is 0 Å². The van der Waals surface area contributed by atoms with E-state index in [9.17, 15) is 4.79 Å². The van der Waals surface area contributed by atoms with Gasteiger partial charge in [0.25, 0.3) is 5.91 Å². The second-order valence-electron chi connectivity index (χ2n) is 7.06. The third-order valence-electron chi connectivity index (χ3n) is 4.94. The minimum atomic E-state index is -0.103. The van der Waals surface area contributed by atoms with E-state index in [1.807, 2.05) is 39.9 Å². The molecule has 1 aromatic carbocycles. The molecule has 1 saturated heterocycles. The van der Waals surface area contributed by atoms with Crippen LogP contribution in [-0.2, 0) is 0 Å². The number of benzene rings is 1. The summed E-state index contributed by atoms with van der Waals surface area (Å²) in [6.45, 7) is 6.17. The Morgan fingerprint density at radius 1 is 1.24 bits per heavy atom. The van der Waals surface area contributed by atoms with Crippen LogP contribution in [0.15, 0.2) is 42.7 Å². The highest BCUT2D eigenvalue weighted by atomic mass is 35.5. The lowest BCUT2D eigenvalue weighted by atomic mass is 10.0. The number of aromatic nitrogens is 3. The first kappa shape index (κ1) is 23.4. The molecule has 6 nitrogen and oxygen atoms in total. The van der Waals surface area contributed by atoms with E-state index in [0.29, 0.717) is 23.7 Å². The first-order valence-corrected chi connectivity index (χ1v) is 9.53. The summed E-state index contributed by atoms with van der Waals surface area (Å²) in [7, 11) is 0. The van der Waals surface area contributed by atoms with Gasteiger partial charge in [0, 0.05) is 42.3 Å². The van der Waals surface area contributed by atoms with Gasteiger partial charge in [-0.3, -0.25) is 4.79 Å². The number of rotatable bonds is 3. The predicted molar refractivity (Wildman–Crippen MR) is 121 cm³/mol. The van der Waals surface area contributed by atoms with Gasteiger partial charge in [-0.25, -0.2) is 9.67 Å². The molecule has 1 atom stereocenters. The lowest BCUT2D eigenvalue weighted by molar-refractivity contribution is 0.0634. The molecule has 9 heteroatoms. The highest BCUT2D eigenvalue weighted by Crippen LogP contribution is 2.30. The predicted octanol–water partition coefficient (Wildman–Crippen LogP) is 4.30. The summed E-state index contributed by atoms with van der Waals surface area (Å²) in [6, 6.07) is 9.69. The number of nitrogens with zero attached hydrogens (tertiary/aromatic N) is 4. The molecule has 3 aromatic rings. The molecular weight excluding hydrogens is 433 g/mol. The Labute approximate surface area is 187 Å². The third-order valence-corrected chi connectivity index (χ3v) is 5.28. The van der Waals surface area contributed by atoms with Crippen LogP contribution in [0.3, 0.4) is 0 Å². The fourth-order valence-electron chi connectivity index (χ4n) is 3.57. The van der Waals surface area contributed by atoms with E-state index in [1.165, 1.54) is 0 Å². The van der Waals surface area contributed by atoms with Gasteiger partial charge in [-0.15, -0.1) is 24.8 Å². The van der Waals surface area contributed by atoms with Crippen molar-refractivity contribution in [2.45, 2.75) is 25.9 Å². The number of halogens is 3. The Bertz CT molecular complexity index is 991. The maximum atomic E-state index is 13.3. The van der Waals surface area contributed by atoms with Gasteiger partial charge in [-0.1, -0.05) is 29.8 Å². The summed E-state index contributed by atoms with van der Waals surface area (Å²) in [5.41, 5.74) is 2.33. The summed E-state index contributed by atoms with van der Waals surface area (Å²) in [5, 5.41) is 9.30. The van der Waals surface area contributed by atoms with Crippen LogP contribution < -0.4 is 5.32 Å². The molecule has 0 spiro atoms. The van der Waals surface area contributed by atoms with E-state index in [4.69, 9.17) is 11.6 Å². The minimum absolute atomic E-state index is 0. The van der Waals surface area contributed by atoms with E-state index in [0.717, 1.165) is 23.1 Å². The summed E-state index contributed by atoms with van der Waals surface area (Å²) in [5.74, 6) is -0.0342. The topological polar surface area (TPSA) is 63.1 Å². The summed E-state index contributed by atoms with van der Waals surface area (Å²) in [6.07, 6.45) is 3.42. The monoisotopic (exact) mass is 455 g/mol. The molecule has 29 heavy (non-hydrogen) atoms. The Kier molecular flexibility index (Phi) is 7.88. The quantitative estimate of drug-likeness (QED) is 0.638. The maximum absolute atomic E-state index is 13.3. The molecule has 1 amide bonds. The van der Waals surface area contributed by atoms with Crippen LogP contribution in [0.2, 0.25) is 5.02 Å². The van der Waals surface area contributed by atoms with E-state index in [-0.39, 0.29) is 42.8 Å². The molecular formula is C20H24Cl3N5O. The molecule has 1 fully saturated rings. The number of hydrogen-bond donors (Lipinski definition) is 1. The Balaban J connectivity index is 0.00000150. The van der Waals surface area contributed by atoms with Crippen LogP contribution in [0, 0.1) is 0 Å². The molecule has 1 unspecified atom stereocenters. The van der Waals surface area contributed by atoms with Crippen LogP contribution >= 0.6 is 36.4 Å². The summed E-state index contributed by atoms with van der Waals surface area (Å²) < 4.78 is 1.86. The van der Waals surface area contributed by atoms with E-state index >= 15 is 0 Å². The van der Waals surface area contributed by atoms with Gasteiger partial charge in [-0.2, -0.15) is 5.10 Å². The standard InChI is InChI=1S/C20H22ClN5O.2ClH/c1-13(2)26-19-14(11-24-26)9-15(10-23-19)20(27)25-8-7-22-12-18(25)16-5-3-4-6-17(16)21;;/h3-6,9-11,13,18,22H,7-8,12H2,1-2H3;2*1H. The van der Waals surface area contributed by atoms with Gasteiger partial charge < -0.3 is 10.2 Å². The fraction of sp³-hybridized carbons (Fsp3) is 0.350. The number of pyridine rings is 1. The van der Waals surface area contributed by atoms with Crippen LogP contribution in [0.25, 0.3) is 11.0 Å². The molecule has 3 heterocycles. The lowest BCUT2D eigenvalue weighted by Gasteiger charge is -2.37. The molecule has 0 bridgehead atoms. The van der Waals surface area contributed by atoms with Crippen molar-refractivity contribution >= 4 is 53.4 Å². The van der Waals surface area contributed by atoms with Crippen molar-refractivity contribution in [3.63, 3.8) is 0 Å². The Morgan fingerprint density at radius 3 is 2.72 bits per heavy atom. The Morgan fingerprint density at radius 2 is 2.00 bits per heavy atom. The molecule has 0 saturated carbocycles. The lowest BCUT2D eigenvalue weighted by Crippen LogP contribution is -2.48. The van der Waals surface area contributed by atoms with Gasteiger partial charge >= 0.3 is 0 Å². The maximum Gasteiger partial charge on any atom is 0.256 e. The third kappa shape index (κ3) is 4.51. The molecule has 0 aliphatic carbocycles. The largest absolute Gasteiger partial charge is 0.329 e. The smallest absolute Gasteiger partial charge is 0.256 e. The van der Waals surface area contributed by atoms with Crippen LogP contribution in [0.1, 0.15) is 41.9 Å². The van der Waals surface area contributed by atoms with Crippen molar-refractivity contribution < 1.29 is 4.79 Å².